The van der Waals surface area contributed by atoms with Crippen molar-refractivity contribution in [1.82, 2.24) is 25.8 Å². The van der Waals surface area contributed by atoms with Crippen LogP contribution in [0.15, 0.2) is 0 Å². The first-order chi connectivity index (χ1) is 6.25. The van der Waals surface area contributed by atoms with Crippen molar-refractivity contribution >= 4 is 0 Å². The van der Waals surface area contributed by atoms with Crippen molar-refractivity contribution < 1.29 is 0 Å². The number of nitrogens with one attached hydrogen (secondary N) is 3. The fourth-order valence-corrected chi connectivity index (χ4v) is 1.39. The number of rotatable bonds is 3. The molecule has 0 bridgehead atoms. The number of hydrogen-bond acceptors (Lipinski definition) is 4. The van der Waals surface area contributed by atoms with Gasteiger partial charge in [-0.05, 0) is 13.8 Å². The van der Waals surface area contributed by atoms with Crippen molar-refractivity contribution in [3.05, 3.63) is 11.6 Å². The Hall–Kier alpha value is -0.940. The summed E-state index contributed by atoms with van der Waals surface area (Å²) in [6.45, 7) is 6.09. The Morgan fingerprint density at radius 1 is 1.54 bits per heavy atom. The summed E-state index contributed by atoms with van der Waals surface area (Å²) in [5.74, 6) is 1.72. The summed E-state index contributed by atoms with van der Waals surface area (Å²) in [7, 11) is 0. The summed E-state index contributed by atoms with van der Waals surface area (Å²) >= 11 is 0. The highest BCUT2D eigenvalue weighted by atomic mass is 15.2. The minimum atomic E-state index is 0.233. The lowest BCUT2D eigenvalue weighted by Crippen LogP contribution is -2.55. The maximum absolute atomic E-state index is 4.27. The predicted molar refractivity (Wildman–Crippen MR) is 49.3 cm³/mol. The first-order valence-electron chi connectivity index (χ1n) is 4.61. The summed E-state index contributed by atoms with van der Waals surface area (Å²) in [5.41, 5.74) is 0. The number of H-pyrrole nitrogens is 1. The molecule has 5 nitrogen and oxygen atoms in total. The van der Waals surface area contributed by atoms with Crippen molar-refractivity contribution in [3.8, 4) is 0 Å². The van der Waals surface area contributed by atoms with Crippen LogP contribution in [0.5, 0.6) is 0 Å². The number of hydrogen-bond donors (Lipinski definition) is 3. The Labute approximate surface area is 77.3 Å². The van der Waals surface area contributed by atoms with Crippen LogP contribution in [0.25, 0.3) is 0 Å². The highest BCUT2D eigenvalue weighted by Gasteiger charge is 2.20. The third kappa shape index (κ3) is 1.87. The van der Waals surface area contributed by atoms with E-state index in [-0.39, 0.29) is 6.04 Å². The Morgan fingerprint density at radius 2 is 2.31 bits per heavy atom. The van der Waals surface area contributed by atoms with E-state index in [1.54, 1.807) is 0 Å². The fraction of sp³-hybridized carbons (Fsp3) is 0.750. The van der Waals surface area contributed by atoms with Crippen molar-refractivity contribution in [1.29, 1.82) is 0 Å². The normalized spacial score (nSPS) is 19.8. The average molecular weight is 181 g/mol. The molecule has 0 saturated carbocycles. The predicted octanol–water partition coefficient (Wildman–Crippen LogP) is -0.264. The molecule has 1 fully saturated rings. The lowest BCUT2D eigenvalue weighted by Gasteiger charge is -2.30. The first-order valence-corrected chi connectivity index (χ1v) is 4.61. The number of aryl methyl sites for hydroxylation is 1. The Morgan fingerprint density at radius 3 is 2.77 bits per heavy atom. The Balaban J connectivity index is 1.92. The third-order valence-corrected chi connectivity index (χ3v) is 2.27. The maximum atomic E-state index is 4.27. The topological polar surface area (TPSA) is 65.6 Å². The molecule has 1 aromatic heterocycles. The largest absolute Gasteiger partial charge is 0.314 e. The molecule has 5 heteroatoms. The van der Waals surface area contributed by atoms with Crippen LogP contribution in [0.2, 0.25) is 0 Å². The van der Waals surface area contributed by atoms with Crippen molar-refractivity contribution in [2.45, 2.75) is 25.9 Å². The SMILES string of the molecule is Cc1nc(C(C)NC2CNC2)n[nH]1. The van der Waals surface area contributed by atoms with Gasteiger partial charge in [0, 0.05) is 19.1 Å². The standard InChI is InChI=1S/C8H15N5/c1-5(10-7-3-9-4-7)8-11-6(2)12-13-8/h5,7,9-10H,3-4H2,1-2H3,(H,11,12,13). The summed E-state index contributed by atoms with van der Waals surface area (Å²) in [5, 5.41) is 13.6. The molecular formula is C8H15N5. The van der Waals surface area contributed by atoms with Crippen LogP contribution in [0.1, 0.15) is 24.6 Å². The third-order valence-electron chi connectivity index (χ3n) is 2.27. The molecule has 0 spiro atoms. The lowest BCUT2D eigenvalue weighted by atomic mass is 10.1. The summed E-state index contributed by atoms with van der Waals surface area (Å²) < 4.78 is 0. The lowest BCUT2D eigenvalue weighted by molar-refractivity contribution is 0.333. The molecule has 0 radical (unpaired) electrons. The van der Waals surface area contributed by atoms with E-state index < -0.39 is 0 Å². The van der Waals surface area contributed by atoms with Gasteiger partial charge in [-0.1, -0.05) is 0 Å². The molecule has 0 aromatic carbocycles. The van der Waals surface area contributed by atoms with Crippen LogP contribution in [-0.4, -0.2) is 34.3 Å². The zero-order valence-electron chi connectivity index (χ0n) is 7.96. The van der Waals surface area contributed by atoms with Crippen LogP contribution in [0, 0.1) is 6.92 Å². The molecule has 72 valence electrons. The molecule has 3 N–H and O–H groups in total. The van der Waals surface area contributed by atoms with E-state index in [0.29, 0.717) is 6.04 Å². The van der Waals surface area contributed by atoms with Crippen LogP contribution in [0.3, 0.4) is 0 Å². The summed E-state index contributed by atoms with van der Waals surface area (Å²) in [4.78, 5) is 4.27. The van der Waals surface area contributed by atoms with Gasteiger partial charge in [0.1, 0.15) is 5.82 Å². The molecule has 0 aliphatic carbocycles. The van der Waals surface area contributed by atoms with Gasteiger partial charge in [0.2, 0.25) is 0 Å². The zero-order valence-corrected chi connectivity index (χ0v) is 7.96. The minimum absolute atomic E-state index is 0.233. The van der Waals surface area contributed by atoms with Crippen LogP contribution >= 0.6 is 0 Å². The van der Waals surface area contributed by atoms with Gasteiger partial charge in [-0.25, -0.2) is 4.98 Å². The molecule has 2 heterocycles. The van der Waals surface area contributed by atoms with E-state index in [2.05, 4.69) is 32.7 Å². The second-order valence-corrected chi connectivity index (χ2v) is 3.52. The van der Waals surface area contributed by atoms with E-state index in [0.717, 1.165) is 24.7 Å². The number of nitrogens with zero attached hydrogens (tertiary/aromatic N) is 2. The molecule has 1 aromatic rings. The van der Waals surface area contributed by atoms with Gasteiger partial charge in [-0.2, -0.15) is 5.10 Å². The van der Waals surface area contributed by atoms with E-state index in [1.807, 2.05) is 6.92 Å². The molecule has 1 atom stereocenters. The molecular weight excluding hydrogens is 166 g/mol. The average Bonchev–Trinajstić information content (AvgIpc) is 2.44. The summed E-state index contributed by atoms with van der Waals surface area (Å²) in [6.07, 6.45) is 0. The molecule has 1 unspecified atom stereocenters. The van der Waals surface area contributed by atoms with E-state index in [1.165, 1.54) is 0 Å². The molecule has 1 aliphatic rings. The molecule has 0 amide bonds. The van der Waals surface area contributed by atoms with Crippen LogP contribution in [-0.2, 0) is 0 Å². The Bertz CT molecular complexity index is 278. The molecule has 1 aliphatic heterocycles. The van der Waals surface area contributed by atoms with Gasteiger partial charge in [-0.15, -0.1) is 0 Å². The fourth-order valence-electron chi connectivity index (χ4n) is 1.39. The van der Waals surface area contributed by atoms with Gasteiger partial charge in [0.15, 0.2) is 5.82 Å². The quantitative estimate of drug-likeness (QED) is 0.601. The molecule has 2 rings (SSSR count). The van der Waals surface area contributed by atoms with Gasteiger partial charge in [-0.3, -0.25) is 5.10 Å². The van der Waals surface area contributed by atoms with Gasteiger partial charge in [0.05, 0.1) is 6.04 Å². The van der Waals surface area contributed by atoms with Crippen LogP contribution in [0.4, 0.5) is 0 Å². The van der Waals surface area contributed by atoms with Crippen molar-refractivity contribution in [2.75, 3.05) is 13.1 Å². The first kappa shape index (κ1) is 8.65. The van der Waals surface area contributed by atoms with Gasteiger partial charge in [0.25, 0.3) is 0 Å². The second-order valence-electron chi connectivity index (χ2n) is 3.52. The Kier molecular flexibility index (Phi) is 2.28. The van der Waals surface area contributed by atoms with Gasteiger partial charge < -0.3 is 10.6 Å². The molecule has 1 saturated heterocycles. The number of aromatic nitrogens is 3. The van der Waals surface area contributed by atoms with Crippen molar-refractivity contribution in [3.63, 3.8) is 0 Å². The summed E-state index contributed by atoms with van der Waals surface area (Å²) in [6, 6.07) is 0.811. The smallest absolute Gasteiger partial charge is 0.167 e. The van der Waals surface area contributed by atoms with E-state index in [9.17, 15) is 0 Å². The highest BCUT2D eigenvalue weighted by molar-refractivity contribution is 4.96. The monoisotopic (exact) mass is 181 g/mol. The number of aromatic amines is 1. The van der Waals surface area contributed by atoms with Crippen molar-refractivity contribution in [2.24, 2.45) is 0 Å². The van der Waals surface area contributed by atoms with Gasteiger partial charge >= 0.3 is 0 Å². The maximum Gasteiger partial charge on any atom is 0.167 e. The molecule has 13 heavy (non-hydrogen) atoms. The van der Waals surface area contributed by atoms with E-state index >= 15 is 0 Å². The van der Waals surface area contributed by atoms with E-state index in [4.69, 9.17) is 0 Å². The minimum Gasteiger partial charge on any atom is -0.314 e. The zero-order chi connectivity index (χ0) is 9.26. The second kappa shape index (κ2) is 3.43. The highest BCUT2D eigenvalue weighted by Crippen LogP contribution is 2.08. The van der Waals surface area contributed by atoms with Crippen LogP contribution < -0.4 is 10.6 Å².